The average Bonchev–Trinajstić information content (AvgIpc) is 3.30. The molecule has 0 aliphatic carbocycles. The number of hydrogen-bond donors (Lipinski definition) is 2. The molecule has 1 saturated heterocycles. The molecule has 6 heteroatoms. The number of aliphatic imine (C=N–C) groups is 1. The Hall–Kier alpha value is -3.77. The highest BCUT2D eigenvalue weighted by molar-refractivity contribution is 6.17. The summed E-state index contributed by atoms with van der Waals surface area (Å²) in [4.78, 5) is 31.3. The quantitative estimate of drug-likeness (QED) is 0.489. The molecule has 4 rings (SSSR count). The fraction of sp³-hybridized carbons (Fsp3) is 0.250. The number of aliphatic carboxylic acids is 1. The maximum atomic E-state index is 13.4. The number of amides is 1. The highest BCUT2D eigenvalue weighted by atomic mass is 16.4. The van der Waals surface area contributed by atoms with E-state index in [1.165, 1.54) is 5.56 Å². The molecule has 0 saturated carbocycles. The Bertz CT molecular complexity index is 1180. The fourth-order valence-corrected chi connectivity index (χ4v) is 4.38. The van der Waals surface area contributed by atoms with E-state index in [2.05, 4.69) is 27.3 Å². The molecule has 3 aromatic carbocycles. The van der Waals surface area contributed by atoms with Crippen LogP contribution in [0.1, 0.15) is 35.1 Å². The van der Waals surface area contributed by atoms with Crippen molar-refractivity contribution in [3.8, 4) is 0 Å². The largest absolute Gasteiger partial charge is 0.480 e. The van der Waals surface area contributed by atoms with Gasteiger partial charge in [-0.25, -0.2) is 0 Å². The number of carbonyl (C=O) groups is 2. The number of hydrogen-bond acceptors (Lipinski definition) is 4. The van der Waals surface area contributed by atoms with Gasteiger partial charge in [-0.3, -0.25) is 19.5 Å². The smallest absolute Gasteiger partial charge is 0.325 e. The molecule has 1 aliphatic heterocycles. The minimum Gasteiger partial charge on any atom is -0.480 e. The first kappa shape index (κ1) is 23.4. The van der Waals surface area contributed by atoms with Crippen molar-refractivity contribution in [2.45, 2.75) is 32.4 Å². The van der Waals surface area contributed by atoms with Crippen LogP contribution in [0.5, 0.6) is 0 Å². The van der Waals surface area contributed by atoms with E-state index in [1.807, 2.05) is 73.7 Å². The Morgan fingerprint density at radius 3 is 2.44 bits per heavy atom. The normalized spacial score (nSPS) is 16.4. The van der Waals surface area contributed by atoms with Crippen LogP contribution in [0.25, 0.3) is 0 Å². The Morgan fingerprint density at radius 2 is 1.74 bits per heavy atom. The molecule has 1 aliphatic rings. The summed E-state index contributed by atoms with van der Waals surface area (Å²) >= 11 is 0. The molecule has 0 aromatic heterocycles. The van der Waals surface area contributed by atoms with E-state index >= 15 is 0 Å². The van der Waals surface area contributed by atoms with Gasteiger partial charge in [0, 0.05) is 17.7 Å². The minimum absolute atomic E-state index is 0.0517. The van der Waals surface area contributed by atoms with E-state index in [0.717, 1.165) is 37.1 Å². The van der Waals surface area contributed by atoms with Crippen LogP contribution in [-0.4, -0.2) is 46.7 Å². The average molecular weight is 456 g/mol. The maximum Gasteiger partial charge on any atom is 0.325 e. The van der Waals surface area contributed by atoms with Crippen molar-refractivity contribution in [1.82, 2.24) is 4.90 Å². The minimum atomic E-state index is -1.01. The number of likely N-dealkylation sites (tertiary alicyclic amines) is 1. The van der Waals surface area contributed by atoms with Crippen LogP contribution in [0.3, 0.4) is 0 Å². The van der Waals surface area contributed by atoms with Crippen molar-refractivity contribution < 1.29 is 14.7 Å². The Morgan fingerprint density at radius 1 is 1.03 bits per heavy atom. The van der Waals surface area contributed by atoms with E-state index in [1.54, 1.807) is 0 Å². The second-order valence-electron chi connectivity index (χ2n) is 8.58. The first-order valence-corrected chi connectivity index (χ1v) is 11.5. The van der Waals surface area contributed by atoms with Gasteiger partial charge in [0.05, 0.1) is 17.4 Å². The Labute approximate surface area is 200 Å². The zero-order valence-electron chi connectivity index (χ0n) is 19.3. The first-order chi connectivity index (χ1) is 16.5. The van der Waals surface area contributed by atoms with Crippen molar-refractivity contribution in [2.24, 2.45) is 4.99 Å². The van der Waals surface area contributed by atoms with Gasteiger partial charge in [-0.05, 0) is 44.0 Å². The number of nitrogens with zero attached hydrogens (tertiary/aromatic N) is 2. The molecule has 174 valence electrons. The Balaban J connectivity index is 1.62. The predicted octanol–water partition coefficient (Wildman–Crippen LogP) is 4.52. The zero-order valence-corrected chi connectivity index (χ0v) is 19.3. The molecular weight excluding hydrogens is 426 g/mol. The van der Waals surface area contributed by atoms with Gasteiger partial charge < -0.3 is 10.4 Å². The van der Waals surface area contributed by atoms with E-state index < -0.39 is 5.97 Å². The third kappa shape index (κ3) is 5.77. The van der Waals surface area contributed by atoms with Crippen LogP contribution in [-0.2, 0) is 16.1 Å². The third-order valence-corrected chi connectivity index (χ3v) is 6.00. The van der Waals surface area contributed by atoms with E-state index in [9.17, 15) is 14.7 Å². The lowest BCUT2D eigenvalue weighted by atomic mass is 9.98. The lowest BCUT2D eigenvalue weighted by molar-refractivity contribution is -0.135. The number of benzene rings is 3. The van der Waals surface area contributed by atoms with Crippen molar-refractivity contribution in [3.63, 3.8) is 0 Å². The summed E-state index contributed by atoms with van der Waals surface area (Å²) in [6, 6.07) is 25.2. The summed E-state index contributed by atoms with van der Waals surface area (Å²) in [5.74, 6) is -1.06. The van der Waals surface area contributed by atoms with Crippen LogP contribution in [0, 0.1) is 6.92 Å². The zero-order chi connectivity index (χ0) is 23.9. The van der Waals surface area contributed by atoms with Gasteiger partial charge in [-0.1, -0.05) is 72.3 Å². The maximum absolute atomic E-state index is 13.4. The molecule has 6 nitrogen and oxygen atoms in total. The molecule has 3 aromatic rings. The van der Waals surface area contributed by atoms with Gasteiger partial charge in [0.15, 0.2) is 0 Å². The molecule has 0 radical (unpaired) electrons. The summed E-state index contributed by atoms with van der Waals surface area (Å²) < 4.78 is 0. The van der Waals surface area contributed by atoms with Crippen molar-refractivity contribution >= 4 is 23.3 Å². The number of aryl methyl sites for hydroxylation is 1. The molecular formula is C28H29N3O3. The summed E-state index contributed by atoms with van der Waals surface area (Å²) in [5, 5.41) is 12.4. The van der Waals surface area contributed by atoms with Crippen LogP contribution >= 0.6 is 0 Å². The van der Waals surface area contributed by atoms with Gasteiger partial charge >= 0.3 is 5.97 Å². The van der Waals surface area contributed by atoms with Gasteiger partial charge in [0.2, 0.25) is 5.91 Å². The number of rotatable bonds is 8. The summed E-state index contributed by atoms with van der Waals surface area (Å²) in [6.45, 7) is 3.23. The van der Waals surface area contributed by atoms with E-state index in [-0.39, 0.29) is 18.5 Å². The van der Waals surface area contributed by atoms with Crippen molar-refractivity contribution in [2.75, 3.05) is 18.4 Å². The molecule has 1 fully saturated rings. The standard InChI is InChI=1S/C28H29N3O3/c1-20-14-15-24(23(17-20)27(29-18-26(32)33)22-11-6-3-7-12-22)30-28(34)25-13-8-16-31(25)19-21-9-4-2-5-10-21/h2-7,9-12,14-15,17,25H,8,13,16,18-19H2,1H3,(H,30,34)(H,32,33)/t25-/m1/s1. The number of carbonyl (C=O) groups excluding carboxylic acids is 1. The molecule has 1 atom stereocenters. The molecule has 0 bridgehead atoms. The SMILES string of the molecule is Cc1ccc(NC(=O)[C@H]2CCCN2Cc2ccccc2)c(C(=NCC(=O)O)c2ccccc2)c1. The number of carboxylic acid groups (broad SMARTS) is 1. The molecule has 1 heterocycles. The van der Waals surface area contributed by atoms with Crippen molar-refractivity contribution in [1.29, 1.82) is 0 Å². The molecule has 0 unspecified atom stereocenters. The highest BCUT2D eigenvalue weighted by Gasteiger charge is 2.31. The summed E-state index contributed by atoms with van der Waals surface area (Å²) in [5.41, 5.74) is 4.89. The lowest BCUT2D eigenvalue weighted by Crippen LogP contribution is -2.39. The van der Waals surface area contributed by atoms with Gasteiger partial charge in [-0.2, -0.15) is 0 Å². The molecule has 0 spiro atoms. The Kier molecular flexibility index (Phi) is 7.50. The molecule has 2 N–H and O–H groups in total. The second-order valence-corrected chi connectivity index (χ2v) is 8.58. The van der Waals surface area contributed by atoms with E-state index in [0.29, 0.717) is 17.0 Å². The predicted molar refractivity (Wildman–Crippen MR) is 134 cm³/mol. The van der Waals surface area contributed by atoms with Crippen LogP contribution in [0.4, 0.5) is 5.69 Å². The number of anilines is 1. The van der Waals surface area contributed by atoms with Crippen LogP contribution in [0.2, 0.25) is 0 Å². The van der Waals surface area contributed by atoms with Gasteiger partial charge in [0.1, 0.15) is 6.54 Å². The van der Waals surface area contributed by atoms with Gasteiger partial charge in [-0.15, -0.1) is 0 Å². The topological polar surface area (TPSA) is 82.0 Å². The van der Waals surface area contributed by atoms with Crippen LogP contribution < -0.4 is 5.32 Å². The molecule has 34 heavy (non-hydrogen) atoms. The molecule has 1 amide bonds. The second kappa shape index (κ2) is 10.9. The lowest BCUT2D eigenvalue weighted by Gasteiger charge is -2.24. The summed E-state index contributed by atoms with van der Waals surface area (Å²) in [6.07, 6.45) is 1.78. The van der Waals surface area contributed by atoms with Crippen molar-refractivity contribution in [3.05, 3.63) is 101 Å². The first-order valence-electron chi connectivity index (χ1n) is 11.5. The van der Waals surface area contributed by atoms with Gasteiger partial charge in [0.25, 0.3) is 0 Å². The number of nitrogens with one attached hydrogen (secondary N) is 1. The summed E-state index contributed by atoms with van der Waals surface area (Å²) in [7, 11) is 0. The third-order valence-electron chi connectivity index (χ3n) is 6.00. The monoisotopic (exact) mass is 455 g/mol. The fourth-order valence-electron chi connectivity index (χ4n) is 4.38. The van der Waals surface area contributed by atoms with E-state index in [4.69, 9.17) is 0 Å². The number of carboxylic acids is 1. The van der Waals surface area contributed by atoms with Crippen LogP contribution in [0.15, 0.2) is 83.9 Å². The highest BCUT2D eigenvalue weighted by Crippen LogP contribution is 2.25.